The van der Waals surface area contributed by atoms with Gasteiger partial charge in [-0.25, -0.2) is 0 Å². The monoisotopic (exact) mass is 534 g/mol. The van der Waals surface area contributed by atoms with Crippen molar-refractivity contribution >= 4 is 32.8 Å². The average Bonchev–Trinajstić information content (AvgIpc) is 2.53. The van der Waals surface area contributed by atoms with E-state index in [9.17, 15) is 0 Å². The molecule has 4 nitrogen and oxygen atoms in total. The fraction of sp³-hybridized carbons (Fsp3) is 1.00. The van der Waals surface area contributed by atoms with Crippen LogP contribution in [0.3, 0.4) is 0 Å². The van der Waals surface area contributed by atoms with Crippen molar-refractivity contribution < 1.29 is 8.85 Å². The van der Waals surface area contributed by atoms with Gasteiger partial charge in [0.05, 0.1) is 16.1 Å². The molecule has 0 radical (unpaired) electrons. The molecule has 0 saturated carbocycles. The minimum atomic E-state index is -2.13. The Kier molecular flexibility index (Phi) is 10.8. The molecule has 3 N–H and O–H groups in total. The van der Waals surface area contributed by atoms with Gasteiger partial charge >= 0.3 is 0 Å². The molecule has 0 aliphatic heterocycles. The van der Waals surface area contributed by atoms with Gasteiger partial charge in [0.15, 0.2) is 16.6 Å². The Balaban J connectivity index is 6.56. The fourth-order valence-electron chi connectivity index (χ4n) is 5.17. The van der Waals surface area contributed by atoms with E-state index in [2.05, 4.69) is 120 Å². The standard InChI is InChI=1S/C25H62N2O2Si4/c1-22(2,32(15,16)29-24(5,6)30(9,10)11)23(3,4)33(17,21-20-27-19-18-26)25(7,8)28-31(12,13)14/h27H,18-21,26H2,1-17H3. The third kappa shape index (κ3) is 7.37. The Morgan fingerprint density at radius 1 is 0.636 bits per heavy atom. The Labute approximate surface area is 212 Å². The zero-order valence-electron chi connectivity index (χ0n) is 25.7. The first kappa shape index (κ1) is 33.7. The first-order valence-corrected chi connectivity index (χ1v) is 25.6. The summed E-state index contributed by atoms with van der Waals surface area (Å²) in [7, 11) is -7.40. The molecule has 1 atom stereocenters. The Morgan fingerprint density at radius 3 is 1.45 bits per heavy atom. The second-order valence-electron chi connectivity index (χ2n) is 15.0. The van der Waals surface area contributed by atoms with Gasteiger partial charge in [0, 0.05) is 23.5 Å². The molecule has 0 heterocycles. The van der Waals surface area contributed by atoms with E-state index in [0.717, 1.165) is 13.1 Å². The maximum atomic E-state index is 7.25. The fourth-order valence-corrected chi connectivity index (χ4v) is 20.1. The predicted octanol–water partition coefficient (Wildman–Crippen LogP) is 7.22. The van der Waals surface area contributed by atoms with Crippen molar-refractivity contribution in [1.29, 1.82) is 0 Å². The minimum absolute atomic E-state index is 0.0545. The number of hydrogen-bond donors (Lipinski definition) is 2. The average molecular weight is 535 g/mol. The number of nitrogens with one attached hydrogen (secondary N) is 1. The third-order valence-corrected chi connectivity index (χ3v) is 27.3. The van der Waals surface area contributed by atoms with Crippen LogP contribution < -0.4 is 11.1 Å². The predicted molar refractivity (Wildman–Crippen MR) is 161 cm³/mol. The summed E-state index contributed by atoms with van der Waals surface area (Å²) in [5, 5.41) is 3.56. The van der Waals surface area contributed by atoms with E-state index >= 15 is 0 Å². The zero-order valence-corrected chi connectivity index (χ0v) is 29.7. The number of rotatable bonds is 14. The van der Waals surface area contributed by atoms with Gasteiger partial charge in [-0.05, 0) is 83.1 Å². The maximum absolute atomic E-state index is 7.25. The lowest BCUT2D eigenvalue weighted by molar-refractivity contribution is 0.147. The summed E-state index contributed by atoms with van der Waals surface area (Å²) in [6.45, 7) is 43.9. The topological polar surface area (TPSA) is 56.5 Å². The van der Waals surface area contributed by atoms with E-state index < -0.39 is 32.8 Å². The number of nitrogens with two attached hydrogens (primary N) is 1. The molecule has 0 amide bonds. The van der Waals surface area contributed by atoms with Gasteiger partial charge < -0.3 is 19.9 Å². The molecule has 0 rings (SSSR count). The Hall–Kier alpha value is 0.708. The van der Waals surface area contributed by atoms with Crippen LogP contribution in [0.4, 0.5) is 0 Å². The summed E-state index contributed by atoms with van der Waals surface area (Å²) in [5.74, 6) is 0. The summed E-state index contributed by atoms with van der Waals surface area (Å²) < 4.78 is 14.3. The molecule has 33 heavy (non-hydrogen) atoms. The highest BCUT2D eigenvalue weighted by Crippen LogP contribution is 2.66. The summed E-state index contributed by atoms with van der Waals surface area (Å²) >= 11 is 0. The Morgan fingerprint density at radius 2 is 1.09 bits per heavy atom. The van der Waals surface area contributed by atoms with Crippen LogP contribution in [0.1, 0.15) is 55.4 Å². The summed E-state index contributed by atoms with van der Waals surface area (Å²) in [4.78, 5) is 0. The highest BCUT2D eigenvalue weighted by Gasteiger charge is 2.64. The van der Waals surface area contributed by atoms with Crippen LogP contribution in [0.25, 0.3) is 0 Å². The van der Waals surface area contributed by atoms with Crippen LogP contribution in [-0.4, -0.2) is 62.9 Å². The first-order valence-electron chi connectivity index (χ1n) is 13.0. The van der Waals surface area contributed by atoms with Crippen molar-refractivity contribution in [2.75, 3.05) is 19.6 Å². The largest absolute Gasteiger partial charge is 0.415 e. The van der Waals surface area contributed by atoms with E-state index in [1.54, 1.807) is 0 Å². The van der Waals surface area contributed by atoms with Gasteiger partial charge in [-0.2, -0.15) is 0 Å². The lowest BCUT2D eigenvalue weighted by atomic mass is 9.97. The molecule has 0 aromatic carbocycles. The zero-order chi connectivity index (χ0) is 26.9. The number of hydrogen-bond acceptors (Lipinski definition) is 4. The van der Waals surface area contributed by atoms with E-state index in [4.69, 9.17) is 14.6 Å². The lowest BCUT2D eigenvalue weighted by Gasteiger charge is -2.63. The summed E-state index contributed by atoms with van der Waals surface area (Å²) in [6, 6.07) is 1.17. The molecule has 1 unspecified atom stereocenters. The highest BCUT2D eigenvalue weighted by molar-refractivity contribution is 6.88. The van der Waals surface area contributed by atoms with Crippen molar-refractivity contribution in [3.63, 3.8) is 0 Å². The second kappa shape index (κ2) is 10.6. The molecule has 0 aromatic heterocycles. The molecular formula is C25H62N2O2Si4. The molecule has 0 aromatic rings. The van der Waals surface area contributed by atoms with E-state index in [-0.39, 0.29) is 20.5 Å². The van der Waals surface area contributed by atoms with Crippen LogP contribution in [0.15, 0.2) is 0 Å². The van der Waals surface area contributed by atoms with E-state index in [0.29, 0.717) is 6.54 Å². The smallest absolute Gasteiger partial charge is 0.192 e. The summed E-state index contributed by atoms with van der Waals surface area (Å²) in [6.07, 6.45) is 0. The van der Waals surface area contributed by atoms with Gasteiger partial charge in [-0.15, -0.1) is 0 Å². The van der Waals surface area contributed by atoms with Gasteiger partial charge in [-0.3, -0.25) is 0 Å². The molecular weight excluding hydrogens is 473 g/mol. The van der Waals surface area contributed by atoms with Crippen molar-refractivity contribution in [3.05, 3.63) is 0 Å². The maximum Gasteiger partial charge on any atom is 0.192 e. The molecule has 0 spiro atoms. The van der Waals surface area contributed by atoms with Crippen molar-refractivity contribution in [3.8, 4) is 0 Å². The van der Waals surface area contributed by atoms with Crippen LogP contribution >= 0.6 is 0 Å². The molecule has 200 valence electrons. The highest BCUT2D eigenvalue weighted by atomic mass is 28.4. The normalized spacial score (nSPS) is 17.3. The SMILES string of the molecule is CC(C)(O[Si](C)(C)C(C)(C)C(C)(C)[Si](C)(CCNCCN)C(C)(C)O[Si](C)(C)C)[Si](C)(C)C. The molecule has 0 bridgehead atoms. The van der Waals surface area contributed by atoms with Gasteiger partial charge in [0.2, 0.25) is 0 Å². The van der Waals surface area contributed by atoms with Gasteiger partial charge in [0.1, 0.15) is 0 Å². The molecule has 0 fully saturated rings. The van der Waals surface area contributed by atoms with E-state index in [1.165, 1.54) is 6.04 Å². The minimum Gasteiger partial charge on any atom is -0.415 e. The van der Waals surface area contributed by atoms with Crippen molar-refractivity contribution in [2.45, 2.75) is 141 Å². The molecule has 0 aliphatic carbocycles. The third-order valence-electron chi connectivity index (χ3n) is 9.78. The quantitative estimate of drug-likeness (QED) is 0.182. The molecule has 8 heteroatoms. The van der Waals surface area contributed by atoms with Gasteiger partial charge in [0.25, 0.3) is 0 Å². The van der Waals surface area contributed by atoms with Crippen LogP contribution in [0, 0.1) is 0 Å². The van der Waals surface area contributed by atoms with Gasteiger partial charge in [-0.1, -0.05) is 53.9 Å². The first-order chi connectivity index (χ1) is 14.2. The van der Waals surface area contributed by atoms with Crippen molar-refractivity contribution in [2.24, 2.45) is 5.73 Å². The summed E-state index contributed by atoms with van der Waals surface area (Å²) in [5.41, 5.74) is 5.78. The lowest BCUT2D eigenvalue weighted by Crippen LogP contribution is -2.69. The van der Waals surface area contributed by atoms with Crippen LogP contribution in [0.5, 0.6) is 0 Å². The van der Waals surface area contributed by atoms with Crippen LogP contribution in [-0.2, 0) is 8.85 Å². The Bertz CT molecular complexity index is 635. The second-order valence-corrected chi connectivity index (χ2v) is 35.2. The van der Waals surface area contributed by atoms with E-state index in [1.807, 2.05) is 0 Å². The molecule has 0 saturated heterocycles. The van der Waals surface area contributed by atoms with Crippen LogP contribution in [0.2, 0.25) is 75.0 Å². The van der Waals surface area contributed by atoms with Crippen molar-refractivity contribution in [1.82, 2.24) is 5.32 Å². The molecule has 0 aliphatic rings.